The van der Waals surface area contributed by atoms with E-state index in [-0.39, 0.29) is 0 Å². The molecule has 1 aliphatic rings. The van der Waals surface area contributed by atoms with Gasteiger partial charge in [-0.2, -0.15) is 0 Å². The zero-order valence-electron chi connectivity index (χ0n) is 15.3. The van der Waals surface area contributed by atoms with Gasteiger partial charge < -0.3 is 20.5 Å². The highest BCUT2D eigenvalue weighted by Crippen LogP contribution is 2.25. The largest absolute Gasteiger partial charge is 0.508 e. The maximum absolute atomic E-state index is 9.52. The van der Waals surface area contributed by atoms with Crippen molar-refractivity contribution in [3.63, 3.8) is 0 Å². The summed E-state index contributed by atoms with van der Waals surface area (Å²) < 4.78 is 5.55. The molecule has 0 bridgehead atoms. The monoisotopic (exact) mass is 353 g/mol. The van der Waals surface area contributed by atoms with E-state index in [0.29, 0.717) is 5.75 Å². The van der Waals surface area contributed by atoms with Crippen LogP contribution in [0.2, 0.25) is 0 Å². The van der Waals surface area contributed by atoms with E-state index in [9.17, 15) is 5.11 Å². The fraction of sp³-hybridized carbons (Fsp3) is 0.381. The molecule has 0 fully saturated rings. The highest BCUT2D eigenvalue weighted by molar-refractivity contribution is 5.79. The first kappa shape index (κ1) is 18.1. The molecule has 1 heterocycles. The second-order valence-electron chi connectivity index (χ2n) is 6.40. The van der Waals surface area contributed by atoms with Crippen LogP contribution < -0.4 is 15.4 Å². The molecule has 26 heavy (non-hydrogen) atoms. The molecule has 3 rings (SSSR count). The van der Waals surface area contributed by atoms with Crippen molar-refractivity contribution in [1.29, 1.82) is 0 Å². The summed E-state index contributed by atoms with van der Waals surface area (Å²) in [6.07, 6.45) is 2.76. The van der Waals surface area contributed by atoms with E-state index in [2.05, 4.69) is 40.7 Å². The van der Waals surface area contributed by atoms with Gasteiger partial charge in [0, 0.05) is 26.1 Å². The van der Waals surface area contributed by atoms with Crippen LogP contribution in [-0.2, 0) is 19.3 Å². The number of nitrogens with zero attached hydrogens (tertiary/aromatic N) is 1. The Morgan fingerprint density at radius 2 is 2.00 bits per heavy atom. The fourth-order valence-electron chi connectivity index (χ4n) is 3.07. The number of benzene rings is 2. The van der Waals surface area contributed by atoms with E-state index < -0.39 is 0 Å². The molecule has 0 aliphatic carbocycles. The normalized spacial score (nSPS) is 13.2. The lowest BCUT2D eigenvalue weighted by Crippen LogP contribution is -2.38. The molecule has 0 unspecified atom stereocenters. The van der Waals surface area contributed by atoms with Gasteiger partial charge in [-0.1, -0.05) is 24.3 Å². The minimum absolute atomic E-state index is 0.308. The smallest absolute Gasteiger partial charge is 0.191 e. The topological polar surface area (TPSA) is 65.9 Å². The number of phenols is 1. The molecule has 0 amide bonds. The van der Waals surface area contributed by atoms with Gasteiger partial charge in [0.05, 0.1) is 6.61 Å². The Morgan fingerprint density at radius 3 is 2.85 bits per heavy atom. The summed E-state index contributed by atoms with van der Waals surface area (Å²) in [6.45, 7) is 5.19. The second-order valence-corrected chi connectivity index (χ2v) is 6.40. The first-order valence-corrected chi connectivity index (χ1v) is 9.29. The van der Waals surface area contributed by atoms with Crippen LogP contribution in [0, 0.1) is 0 Å². The molecule has 3 N–H and O–H groups in total. The van der Waals surface area contributed by atoms with Crippen molar-refractivity contribution in [2.24, 2.45) is 4.99 Å². The molecule has 2 aromatic rings. The summed E-state index contributed by atoms with van der Waals surface area (Å²) in [7, 11) is 0. The summed E-state index contributed by atoms with van der Waals surface area (Å²) in [6, 6.07) is 13.8. The third-order valence-corrected chi connectivity index (χ3v) is 4.39. The Balaban J connectivity index is 1.48. The van der Waals surface area contributed by atoms with Crippen molar-refractivity contribution in [2.45, 2.75) is 26.2 Å². The number of nitrogens with one attached hydrogen (secondary N) is 2. The van der Waals surface area contributed by atoms with Crippen LogP contribution in [0.1, 0.15) is 23.6 Å². The summed E-state index contributed by atoms with van der Waals surface area (Å²) in [5.41, 5.74) is 3.71. The Bertz CT molecular complexity index is 759. The minimum atomic E-state index is 0.308. The van der Waals surface area contributed by atoms with Crippen molar-refractivity contribution in [2.75, 3.05) is 26.2 Å². The molecule has 1 aliphatic heterocycles. The van der Waals surface area contributed by atoms with Gasteiger partial charge in [-0.05, 0) is 54.7 Å². The number of aromatic hydroxyl groups is 1. The van der Waals surface area contributed by atoms with Gasteiger partial charge in [-0.3, -0.25) is 4.99 Å². The van der Waals surface area contributed by atoms with Crippen molar-refractivity contribution in [3.8, 4) is 11.5 Å². The SMILES string of the molecule is CCNC(=NCCc1ccc2c(c1)CCO2)NCCc1cccc(O)c1. The third-order valence-electron chi connectivity index (χ3n) is 4.39. The molecule has 0 aromatic heterocycles. The number of aliphatic imine (C=N–C) groups is 1. The zero-order chi connectivity index (χ0) is 18.2. The predicted molar refractivity (Wildman–Crippen MR) is 105 cm³/mol. The van der Waals surface area contributed by atoms with Gasteiger partial charge in [-0.15, -0.1) is 0 Å². The average molecular weight is 353 g/mol. The molecule has 0 saturated heterocycles. The minimum Gasteiger partial charge on any atom is -0.508 e. The molecule has 0 saturated carbocycles. The molecule has 0 atom stereocenters. The summed E-state index contributed by atoms with van der Waals surface area (Å²) in [5.74, 6) is 2.17. The number of hydrogen-bond donors (Lipinski definition) is 3. The summed E-state index contributed by atoms with van der Waals surface area (Å²) in [5, 5.41) is 16.2. The molecule has 2 aromatic carbocycles. The van der Waals surface area contributed by atoms with Crippen LogP contribution in [-0.4, -0.2) is 37.3 Å². The average Bonchev–Trinajstić information content (AvgIpc) is 3.09. The van der Waals surface area contributed by atoms with Gasteiger partial charge in [0.2, 0.25) is 0 Å². The lowest BCUT2D eigenvalue weighted by Gasteiger charge is -2.11. The first-order chi connectivity index (χ1) is 12.7. The Labute approximate surface area is 155 Å². The van der Waals surface area contributed by atoms with Crippen LogP contribution in [0.25, 0.3) is 0 Å². The maximum Gasteiger partial charge on any atom is 0.191 e. The predicted octanol–water partition coefficient (Wildman–Crippen LogP) is 2.67. The molecule has 138 valence electrons. The number of rotatable bonds is 7. The van der Waals surface area contributed by atoms with Gasteiger partial charge in [-0.25, -0.2) is 0 Å². The van der Waals surface area contributed by atoms with Crippen molar-refractivity contribution in [1.82, 2.24) is 10.6 Å². The Hall–Kier alpha value is -2.69. The van der Waals surface area contributed by atoms with E-state index in [4.69, 9.17) is 4.74 Å². The van der Waals surface area contributed by atoms with Crippen molar-refractivity contribution >= 4 is 5.96 Å². The lowest BCUT2D eigenvalue weighted by atomic mass is 10.1. The van der Waals surface area contributed by atoms with Gasteiger partial charge in [0.15, 0.2) is 5.96 Å². The number of phenolic OH excluding ortho intramolecular Hbond substituents is 1. The first-order valence-electron chi connectivity index (χ1n) is 9.29. The second kappa shape index (κ2) is 9.13. The van der Waals surface area contributed by atoms with E-state index >= 15 is 0 Å². The van der Waals surface area contributed by atoms with E-state index in [0.717, 1.165) is 62.8 Å². The number of guanidine groups is 1. The molecule has 0 spiro atoms. The number of hydrogen-bond acceptors (Lipinski definition) is 3. The zero-order valence-corrected chi connectivity index (χ0v) is 15.3. The fourth-order valence-corrected chi connectivity index (χ4v) is 3.07. The van der Waals surface area contributed by atoms with Crippen molar-refractivity contribution < 1.29 is 9.84 Å². The quantitative estimate of drug-likeness (QED) is 0.529. The molecule has 5 heteroatoms. The maximum atomic E-state index is 9.52. The van der Waals surface area contributed by atoms with E-state index in [1.165, 1.54) is 11.1 Å². The number of fused-ring (bicyclic) bond motifs is 1. The van der Waals surface area contributed by atoms with E-state index in [1.807, 2.05) is 12.1 Å². The van der Waals surface area contributed by atoms with Crippen LogP contribution in [0.5, 0.6) is 11.5 Å². The highest BCUT2D eigenvalue weighted by atomic mass is 16.5. The molecule has 5 nitrogen and oxygen atoms in total. The molecule has 0 radical (unpaired) electrons. The highest BCUT2D eigenvalue weighted by Gasteiger charge is 2.11. The van der Waals surface area contributed by atoms with Crippen LogP contribution in [0.3, 0.4) is 0 Å². The van der Waals surface area contributed by atoms with Crippen LogP contribution in [0.4, 0.5) is 0 Å². The third kappa shape index (κ3) is 5.15. The lowest BCUT2D eigenvalue weighted by molar-refractivity contribution is 0.357. The van der Waals surface area contributed by atoms with Crippen molar-refractivity contribution in [3.05, 3.63) is 59.2 Å². The van der Waals surface area contributed by atoms with Crippen LogP contribution >= 0.6 is 0 Å². The van der Waals surface area contributed by atoms with Gasteiger partial charge in [0.1, 0.15) is 11.5 Å². The summed E-state index contributed by atoms with van der Waals surface area (Å²) >= 11 is 0. The Morgan fingerprint density at radius 1 is 1.12 bits per heavy atom. The number of ether oxygens (including phenoxy) is 1. The van der Waals surface area contributed by atoms with Crippen LogP contribution in [0.15, 0.2) is 47.5 Å². The van der Waals surface area contributed by atoms with Gasteiger partial charge in [0.25, 0.3) is 0 Å². The molecular weight excluding hydrogens is 326 g/mol. The Kier molecular flexibility index (Phi) is 6.36. The standard InChI is InChI=1S/C21H27N3O2/c1-2-22-21(23-11-8-16-4-3-5-19(25)15-16)24-12-9-17-6-7-20-18(14-17)10-13-26-20/h3-7,14-15,25H,2,8-13H2,1H3,(H2,22,23,24). The summed E-state index contributed by atoms with van der Waals surface area (Å²) in [4.78, 5) is 4.66. The molecular formula is C21H27N3O2. The van der Waals surface area contributed by atoms with E-state index in [1.54, 1.807) is 12.1 Å². The van der Waals surface area contributed by atoms with Gasteiger partial charge >= 0.3 is 0 Å².